The third-order valence-electron chi connectivity index (χ3n) is 7.97. The number of carbonyl (C=O) groups excluding carboxylic acids is 2. The summed E-state index contributed by atoms with van der Waals surface area (Å²) in [6, 6.07) is 3.09. The van der Waals surface area contributed by atoms with Gasteiger partial charge in [0.1, 0.15) is 6.10 Å². The number of rotatable bonds is 7. The topological polar surface area (TPSA) is 86.8 Å². The van der Waals surface area contributed by atoms with Gasteiger partial charge >= 0.3 is 0 Å². The minimum Gasteiger partial charge on any atom is -0.493 e. The zero-order chi connectivity index (χ0) is 25.4. The highest BCUT2D eigenvalue weighted by molar-refractivity contribution is 6.11. The van der Waals surface area contributed by atoms with Gasteiger partial charge in [0, 0.05) is 26.2 Å². The van der Waals surface area contributed by atoms with Gasteiger partial charge in [0.05, 0.1) is 52.1 Å². The lowest BCUT2D eigenvalue weighted by molar-refractivity contribution is -0.136. The Morgan fingerprint density at radius 3 is 2.31 bits per heavy atom. The summed E-state index contributed by atoms with van der Waals surface area (Å²) >= 11 is 0. The SMILES string of the molecule is COc1cc(C2C3=C(OC4CCC(C)CC4C3=O)C(=O)N2CCN2CCOCC2)cc(OC)c1OC. The molecule has 2 fully saturated rings. The Kier molecular flexibility index (Phi) is 7.12. The number of benzene rings is 1. The molecule has 4 unspecified atom stereocenters. The minimum atomic E-state index is -0.576. The molecule has 9 heteroatoms. The van der Waals surface area contributed by atoms with Crippen molar-refractivity contribution in [1.29, 1.82) is 0 Å². The zero-order valence-corrected chi connectivity index (χ0v) is 21.6. The number of ether oxygens (including phenoxy) is 5. The van der Waals surface area contributed by atoms with Crippen molar-refractivity contribution in [3.63, 3.8) is 0 Å². The Morgan fingerprint density at radius 2 is 1.67 bits per heavy atom. The molecule has 0 radical (unpaired) electrons. The van der Waals surface area contributed by atoms with Gasteiger partial charge in [0.2, 0.25) is 5.75 Å². The van der Waals surface area contributed by atoms with Crippen molar-refractivity contribution >= 4 is 11.7 Å². The number of fused-ring (bicyclic) bond motifs is 1. The van der Waals surface area contributed by atoms with Crippen molar-refractivity contribution in [2.45, 2.75) is 38.3 Å². The number of morpholine rings is 1. The third kappa shape index (κ3) is 4.32. The van der Waals surface area contributed by atoms with Crippen molar-refractivity contribution in [1.82, 2.24) is 9.80 Å². The molecule has 4 atom stereocenters. The van der Waals surface area contributed by atoms with Gasteiger partial charge < -0.3 is 28.6 Å². The lowest BCUT2D eigenvalue weighted by atomic mass is 9.74. The fraction of sp³-hybridized carbons (Fsp3) is 0.630. The summed E-state index contributed by atoms with van der Waals surface area (Å²) in [6.07, 6.45) is 2.35. The van der Waals surface area contributed by atoms with Crippen LogP contribution in [0.5, 0.6) is 17.2 Å². The molecule has 0 spiro atoms. The first kappa shape index (κ1) is 24.9. The number of ketones is 1. The molecule has 1 aromatic rings. The fourth-order valence-electron chi connectivity index (χ4n) is 6.03. The monoisotopic (exact) mass is 500 g/mol. The van der Waals surface area contributed by atoms with Gasteiger partial charge in [-0.3, -0.25) is 14.5 Å². The first-order valence-corrected chi connectivity index (χ1v) is 12.8. The van der Waals surface area contributed by atoms with Crippen LogP contribution in [-0.4, -0.2) is 88.3 Å². The van der Waals surface area contributed by atoms with Crippen LogP contribution in [0, 0.1) is 11.8 Å². The maximum absolute atomic E-state index is 14.0. The van der Waals surface area contributed by atoms with Crippen molar-refractivity contribution in [2.24, 2.45) is 11.8 Å². The lowest BCUT2D eigenvalue weighted by Crippen LogP contribution is -2.43. The van der Waals surface area contributed by atoms with Gasteiger partial charge in [0.25, 0.3) is 5.91 Å². The van der Waals surface area contributed by atoms with Gasteiger partial charge in [-0.05, 0) is 42.9 Å². The molecule has 1 saturated carbocycles. The molecule has 0 N–H and O–H groups in total. The van der Waals surface area contributed by atoms with Crippen LogP contribution in [-0.2, 0) is 19.1 Å². The second-order valence-electron chi connectivity index (χ2n) is 10.1. The van der Waals surface area contributed by atoms with Crippen LogP contribution in [0.4, 0.5) is 0 Å². The summed E-state index contributed by atoms with van der Waals surface area (Å²) in [5.74, 6) is 1.70. The zero-order valence-electron chi connectivity index (χ0n) is 21.6. The predicted molar refractivity (Wildman–Crippen MR) is 131 cm³/mol. The molecule has 0 bridgehead atoms. The highest BCUT2D eigenvalue weighted by Crippen LogP contribution is 2.50. The van der Waals surface area contributed by atoms with E-state index in [4.69, 9.17) is 23.7 Å². The van der Waals surface area contributed by atoms with Crippen LogP contribution in [0.1, 0.15) is 37.8 Å². The van der Waals surface area contributed by atoms with Crippen LogP contribution < -0.4 is 14.2 Å². The molecular weight excluding hydrogens is 464 g/mol. The summed E-state index contributed by atoms with van der Waals surface area (Å²) in [7, 11) is 4.67. The normalized spacial score (nSPS) is 28.5. The molecule has 3 heterocycles. The van der Waals surface area contributed by atoms with E-state index in [-0.39, 0.29) is 29.5 Å². The lowest BCUT2D eigenvalue weighted by Gasteiger charge is -2.37. The van der Waals surface area contributed by atoms with E-state index < -0.39 is 6.04 Å². The Bertz CT molecular complexity index is 1020. The molecule has 36 heavy (non-hydrogen) atoms. The Morgan fingerprint density at radius 1 is 0.972 bits per heavy atom. The van der Waals surface area contributed by atoms with E-state index in [1.807, 2.05) is 12.1 Å². The van der Waals surface area contributed by atoms with E-state index in [0.29, 0.717) is 55.0 Å². The van der Waals surface area contributed by atoms with Crippen molar-refractivity contribution < 1.29 is 33.3 Å². The van der Waals surface area contributed by atoms with Crippen molar-refractivity contribution in [3.8, 4) is 17.2 Å². The Labute approximate surface area is 212 Å². The van der Waals surface area contributed by atoms with E-state index in [0.717, 1.165) is 37.9 Å². The average Bonchev–Trinajstić information content (AvgIpc) is 3.19. The molecule has 1 amide bonds. The van der Waals surface area contributed by atoms with Gasteiger partial charge in [-0.15, -0.1) is 0 Å². The smallest absolute Gasteiger partial charge is 0.290 e. The second-order valence-corrected chi connectivity index (χ2v) is 10.1. The van der Waals surface area contributed by atoms with Gasteiger partial charge in [-0.25, -0.2) is 0 Å². The third-order valence-corrected chi connectivity index (χ3v) is 7.97. The minimum absolute atomic E-state index is 0.0359. The molecule has 5 rings (SSSR count). The quantitative estimate of drug-likeness (QED) is 0.565. The first-order valence-electron chi connectivity index (χ1n) is 12.8. The number of carbonyl (C=O) groups is 2. The highest BCUT2D eigenvalue weighted by Gasteiger charge is 2.52. The van der Waals surface area contributed by atoms with Gasteiger partial charge in [-0.1, -0.05) is 6.92 Å². The fourth-order valence-corrected chi connectivity index (χ4v) is 6.03. The Balaban J connectivity index is 1.55. The van der Waals surface area contributed by atoms with Crippen molar-refractivity contribution in [2.75, 3.05) is 60.7 Å². The number of amides is 1. The maximum atomic E-state index is 14.0. The molecule has 3 aliphatic heterocycles. The Hall–Kier alpha value is -2.78. The number of methoxy groups -OCH3 is 3. The maximum Gasteiger partial charge on any atom is 0.290 e. The van der Waals surface area contributed by atoms with E-state index in [2.05, 4.69) is 11.8 Å². The molecule has 196 valence electrons. The van der Waals surface area contributed by atoms with Crippen LogP contribution >= 0.6 is 0 Å². The predicted octanol–water partition coefficient (Wildman–Crippen LogP) is 2.59. The number of hydrogen-bond acceptors (Lipinski definition) is 8. The van der Waals surface area contributed by atoms with E-state index in [9.17, 15) is 9.59 Å². The van der Waals surface area contributed by atoms with Gasteiger partial charge in [0.15, 0.2) is 23.0 Å². The standard InChI is InChI=1S/C27H36N2O7/c1-16-5-6-19-18(13-16)24(30)22-23(17-14-20(32-2)25(34-4)21(15-17)33-3)29(27(31)26(22)36-19)8-7-28-9-11-35-12-10-28/h14-16,18-19,23H,5-13H2,1-4H3. The molecule has 9 nitrogen and oxygen atoms in total. The van der Waals surface area contributed by atoms with Crippen LogP contribution in [0.3, 0.4) is 0 Å². The van der Waals surface area contributed by atoms with Crippen LogP contribution in [0.15, 0.2) is 23.5 Å². The highest BCUT2D eigenvalue weighted by atomic mass is 16.5. The summed E-state index contributed by atoms with van der Waals surface area (Å²) in [6.45, 7) is 6.34. The average molecular weight is 501 g/mol. The summed E-state index contributed by atoms with van der Waals surface area (Å²) in [5, 5.41) is 0. The number of Topliss-reactive ketones (excluding diaryl/α,β-unsaturated/α-hetero) is 1. The van der Waals surface area contributed by atoms with Crippen LogP contribution in [0.2, 0.25) is 0 Å². The van der Waals surface area contributed by atoms with Crippen molar-refractivity contribution in [3.05, 3.63) is 29.0 Å². The number of nitrogens with zero attached hydrogens (tertiary/aromatic N) is 2. The molecule has 1 saturated heterocycles. The largest absolute Gasteiger partial charge is 0.493 e. The first-order chi connectivity index (χ1) is 17.5. The molecular formula is C27H36N2O7. The molecule has 1 aromatic carbocycles. The van der Waals surface area contributed by atoms with E-state index >= 15 is 0 Å². The molecule has 0 aromatic heterocycles. The number of hydrogen-bond donors (Lipinski definition) is 0. The summed E-state index contributed by atoms with van der Waals surface area (Å²) in [5.41, 5.74) is 1.20. The summed E-state index contributed by atoms with van der Waals surface area (Å²) in [4.78, 5) is 31.8. The van der Waals surface area contributed by atoms with Gasteiger partial charge in [-0.2, -0.15) is 0 Å². The van der Waals surface area contributed by atoms with Crippen LogP contribution in [0.25, 0.3) is 0 Å². The summed E-state index contributed by atoms with van der Waals surface area (Å²) < 4.78 is 28.5. The molecule has 1 aliphatic carbocycles. The van der Waals surface area contributed by atoms with E-state index in [1.165, 1.54) is 0 Å². The van der Waals surface area contributed by atoms with E-state index in [1.54, 1.807) is 26.2 Å². The molecule has 4 aliphatic rings. The second kappa shape index (κ2) is 10.3.